The van der Waals surface area contributed by atoms with E-state index >= 15 is 0 Å². The van der Waals surface area contributed by atoms with E-state index in [4.69, 9.17) is 39.3 Å². The number of urea groups is 1. The number of amides is 8. The van der Waals surface area contributed by atoms with Gasteiger partial charge in [0.05, 0.1) is 91.7 Å². The van der Waals surface area contributed by atoms with Gasteiger partial charge in [0.1, 0.15) is 12.1 Å². The van der Waals surface area contributed by atoms with Crippen molar-refractivity contribution in [2.75, 3.05) is 132 Å². The predicted molar refractivity (Wildman–Crippen MR) is 272 cm³/mol. The molecule has 422 valence electrons. The average molecular weight is 1050 g/mol. The summed E-state index contributed by atoms with van der Waals surface area (Å²) in [6, 6.07) is -2.93. The molecule has 25 heteroatoms. The number of carboxylic acid groups (broad SMARTS) is 1. The third-order valence-electron chi connectivity index (χ3n) is 10.6. The first kappa shape index (κ1) is 67.8. The topological polar surface area (TPSA) is 338 Å². The van der Waals surface area contributed by atoms with Gasteiger partial charge in [0, 0.05) is 84.2 Å². The first-order chi connectivity index (χ1) is 35.0. The highest BCUT2D eigenvalue weighted by atomic mass is 16.5. The van der Waals surface area contributed by atoms with E-state index in [-0.39, 0.29) is 95.1 Å². The number of nitrogens with one attached hydrogen (secondary N) is 8. The summed E-state index contributed by atoms with van der Waals surface area (Å²) in [6.45, 7) is 18.5. The Bertz CT molecular complexity index is 1580. The number of primary amides is 1. The zero-order valence-corrected chi connectivity index (χ0v) is 44.2. The Kier molecular flexibility index (Phi) is 42.2. The van der Waals surface area contributed by atoms with Gasteiger partial charge in [-0.15, -0.1) is 0 Å². The maximum Gasteiger partial charge on any atom is 0.315 e. The second-order valence-electron chi connectivity index (χ2n) is 17.2. The standard InChI is InChI=1S/C48H90N10O15/c1-7-51-37(4)12-8-9-18-54-48(67)55-38(5)45(47(66)50-6)57-42(62)16-11-14-40(60)53-20-26-70-32-35-73-29-23-58(21-27-71-33-30-68-24-17-43(63)64)22-28-72-34-31-69-25-19-52-39(59)13-10-15-41(61)56-44(36(2)3)46(49)65/h36,38,44-45,51H,4,7-35H2,1-3,5-6H3,(H2,49,65)(H,50,66)(H,52,59)(H,53,60)(H,56,61)(H,57,62)(H,63,64)(H2,54,55,67). The minimum absolute atomic E-state index is 0.00365. The average Bonchev–Trinajstić information content (AvgIpc) is 3.33. The van der Waals surface area contributed by atoms with Gasteiger partial charge in [-0.25, -0.2) is 4.79 Å². The summed E-state index contributed by atoms with van der Waals surface area (Å²) in [5.41, 5.74) is 6.28. The number of carbonyl (C=O) groups excluding carboxylic acids is 7. The number of nitrogens with zero attached hydrogens (tertiary/aromatic N) is 1. The number of carboxylic acids is 1. The van der Waals surface area contributed by atoms with Crippen LogP contribution in [0.1, 0.15) is 91.9 Å². The molecule has 0 aromatic heterocycles. The molecule has 3 atom stereocenters. The molecular formula is C48H90N10O15. The molecule has 25 nitrogen and oxygen atoms in total. The molecule has 0 aromatic rings. The SMILES string of the molecule is C=C(CCCCNC(=O)NC(C)C(NC(=O)CCCC(=O)NCCOCCOCCN(CCOCCOCCNC(=O)CCCC(=O)NC(C(N)=O)C(C)C)CCOCCOCCC(=O)O)C(=O)NC)NCC. The van der Waals surface area contributed by atoms with Gasteiger partial charge in [-0.05, 0) is 51.9 Å². The van der Waals surface area contributed by atoms with Gasteiger partial charge < -0.3 is 81.8 Å². The molecule has 11 N–H and O–H groups in total. The molecular weight excluding hydrogens is 957 g/mol. The Morgan fingerprint density at radius 1 is 0.521 bits per heavy atom. The van der Waals surface area contributed by atoms with Gasteiger partial charge in [0.25, 0.3) is 0 Å². The van der Waals surface area contributed by atoms with E-state index < -0.39 is 47.8 Å². The van der Waals surface area contributed by atoms with Crippen LogP contribution in [0.15, 0.2) is 12.3 Å². The summed E-state index contributed by atoms with van der Waals surface area (Å²) in [7, 11) is 1.44. The monoisotopic (exact) mass is 1050 g/mol. The molecule has 0 spiro atoms. The van der Waals surface area contributed by atoms with Crippen molar-refractivity contribution in [1.29, 1.82) is 0 Å². The van der Waals surface area contributed by atoms with E-state index in [1.807, 2.05) is 6.92 Å². The number of ether oxygens (including phenoxy) is 6. The van der Waals surface area contributed by atoms with E-state index in [2.05, 4.69) is 54.0 Å². The van der Waals surface area contributed by atoms with Crippen molar-refractivity contribution in [3.8, 4) is 0 Å². The summed E-state index contributed by atoms with van der Waals surface area (Å²) < 4.78 is 33.6. The van der Waals surface area contributed by atoms with Gasteiger partial charge in [0.15, 0.2) is 0 Å². The number of aliphatic carboxylic acids is 1. The summed E-state index contributed by atoms with van der Waals surface area (Å²) in [6.07, 6.45) is 3.27. The number of hydrogen-bond donors (Lipinski definition) is 10. The van der Waals surface area contributed by atoms with Gasteiger partial charge >= 0.3 is 12.0 Å². The van der Waals surface area contributed by atoms with E-state index in [0.717, 1.165) is 31.5 Å². The van der Waals surface area contributed by atoms with Crippen LogP contribution in [-0.2, 0) is 62.0 Å². The van der Waals surface area contributed by atoms with E-state index in [0.29, 0.717) is 92.0 Å². The number of carbonyl (C=O) groups is 8. The molecule has 73 heavy (non-hydrogen) atoms. The fourth-order valence-electron chi connectivity index (χ4n) is 6.54. The summed E-state index contributed by atoms with van der Waals surface area (Å²) >= 11 is 0. The second kappa shape index (κ2) is 45.4. The van der Waals surface area contributed by atoms with E-state index in [9.17, 15) is 38.4 Å². The third-order valence-corrected chi connectivity index (χ3v) is 10.6. The number of allylic oxidation sites excluding steroid dienone is 1. The van der Waals surface area contributed by atoms with Crippen molar-refractivity contribution in [1.82, 2.24) is 47.4 Å². The maximum atomic E-state index is 12.7. The minimum Gasteiger partial charge on any atom is -0.481 e. The summed E-state index contributed by atoms with van der Waals surface area (Å²) in [5.74, 6) is -3.36. The number of nitrogens with two attached hydrogens (primary N) is 1. The Labute approximate surface area is 431 Å². The zero-order valence-electron chi connectivity index (χ0n) is 44.2. The molecule has 0 aliphatic heterocycles. The Morgan fingerprint density at radius 2 is 0.973 bits per heavy atom. The van der Waals surface area contributed by atoms with Gasteiger partial charge in [-0.3, -0.25) is 38.5 Å². The van der Waals surface area contributed by atoms with Crippen LogP contribution in [0, 0.1) is 5.92 Å². The quantitative estimate of drug-likeness (QED) is 0.0336. The lowest BCUT2D eigenvalue weighted by atomic mass is 10.0. The fraction of sp³-hybridized carbons (Fsp3) is 0.792. The Balaban J connectivity index is 4.38. The highest BCUT2D eigenvalue weighted by Crippen LogP contribution is 2.05. The molecule has 8 amide bonds. The molecule has 0 rings (SSSR count). The molecule has 0 aliphatic carbocycles. The lowest BCUT2D eigenvalue weighted by Gasteiger charge is -2.25. The number of hydrogen-bond acceptors (Lipinski definition) is 16. The number of rotatable bonds is 49. The highest BCUT2D eigenvalue weighted by molar-refractivity contribution is 5.89. The van der Waals surface area contributed by atoms with E-state index in [1.165, 1.54) is 7.05 Å². The molecule has 0 heterocycles. The molecule has 3 unspecified atom stereocenters. The smallest absolute Gasteiger partial charge is 0.315 e. The third kappa shape index (κ3) is 40.9. The van der Waals surface area contributed by atoms with Gasteiger partial charge in [0.2, 0.25) is 35.4 Å². The molecule has 0 radical (unpaired) electrons. The van der Waals surface area contributed by atoms with Crippen LogP contribution < -0.4 is 48.3 Å². The van der Waals surface area contributed by atoms with Crippen molar-refractivity contribution in [3.63, 3.8) is 0 Å². The van der Waals surface area contributed by atoms with Crippen LogP contribution in [0.5, 0.6) is 0 Å². The molecule has 0 aromatic carbocycles. The second-order valence-corrected chi connectivity index (χ2v) is 17.2. The maximum absolute atomic E-state index is 12.7. The first-order valence-corrected chi connectivity index (χ1v) is 25.5. The highest BCUT2D eigenvalue weighted by Gasteiger charge is 2.27. The molecule has 0 fully saturated rings. The van der Waals surface area contributed by atoms with Crippen LogP contribution in [0.4, 0.5) is 4.79 Å². The molecule has 0 saturated carbocycles. The molecule has 0 saturated heterocycles. The largest absolute Gasteiger partial charge is 0.481 e. The Morgan fingerprint density at radius 3 is 1.41 bits per heavy atom. The van der Waals surface area contributed by atoms with Crippen LogP contribution in [-0.4, -0.2) is 208 Å². The molecule has 0 aliphatic rings. The first-order valence-electron chi connectivity index (χ1n) is 25.5. The number of likely N-dealkylation sites (N-methyl/N-ethyl adjacent to an activating group) is 1. The van der Waals surface area contributed by atoms with Crippen LogP contribution in [0.25, 0.3) is 0 Å². The normalized spacial score (nSPS) is 12.3. The van der Waals surface area contributed by atoms with Gasteiger partial charge in [-0.2, -0.15) is 0 Å². The Hall–Kier alpha value is -5.18. The zero-order chi connectivity index (χ0) is 54.5. The van der Waals surface area contributed by atoms with Crippen LogP contribution in [0.2, 0.25) is 0 Å². The predicted octanol–water partition coefficient (Wildman–Crippen LogP) is -0.726. The van der Waals surface area contributed by atoms with Crippen molar-refractivity contribution in [2.45, 2.75) is 110 Å². The van der Waals surface area contributed by atoms with Crippen LogP contribution in [0.3, 0.4) is 0 Å². The lowest BCUT2D eigenvalue weighted by Crippen LogP contribution is -2.58. The van der Waals surface area contributed by atoms with Crippen molar-refractivity contribution >= 4 is 47.4 Å². The van der Waals surface area contributed by atoms with Crippen molar-refractivity contribution < 1.29 is 71.9 Å². The fourth-order valence-corrected chi connectivity index (χ4v) is 6.54. The van der Waals surface area contributed by atoms with Gasteiger partial charge in [-0.1, -0.05) is 20.4 Å². The minimum atomic E-state index is -1.01. The summed E-state index contributed by atoms with van der Waals surface area (Å²) in [5, 5.41) is 30.6. The number of unbranched alkanes of at least 4 members (excludes halogenated alkanes) is 1. The van der Waals surface area contributed by atoms with E-state index in [1.54, 1.807) is 20.8 Å². The summed E-state index contributed by atoms with van der Waals surface area (Å²) in [4.78, 5) is 98.5. The lowest BCUT2D eigenvalue weighted by molar-refractivity contribution is -0.138. The van der Waals surface area contributed by atoms with Crippen molar-refractivity contribution in [3.05, 3.63) is 12.3 Å². The molecule has 0 bridgehead atoms. The van der Waals surface area contributed by atoms with Crippen molar-refractivity contribution in [2.24, 2.45) is 11.7 Å². The van der Waals surface area contributed by atoms with Crippen LogP contribution >= 0.6 is 0 Å².